The summed E-state index contributed by atoms with van der Waals surface area (Å²) in [7, 11) is 0. The zero-order chi connectivity index (χ0) is 21.3. The molecule has 0 fully saturated rings. The van der Waals surface area contributed by atoms with Crippen LogP contribution in [0.5, 0.6) is 0 Å². The van der Waals surface area contributed by atoms with Crippen LogP contribution in [-0.2, 0) is 6.54 Å². The molecule has 0 radical (unpaired) electrons. The maximum Gasteiger partial charge on any atom is 0.175 e. The monoisotopic (exact) mass is 420 g/mol. The van der Waals surface area contributed by atoms with E-state index in [-0.39, 0.29) is 5.54 Å². The average molecular weight is 421 g/mol. The van der Waals surface area contributed by atoms with Gasteiger partial charge in [0.05, 0.1) is 6.26 Å². The Labute approximate surface area is 179 Å². The lowest BCUT2D eigenvalue weighted by atomic mass is 10.1. The van der Waals surface area contributed by atoms with Crippen LogP contribution in [0, 0.1) is 12.3 Å². The highest BCUT2D eigenvalue weighted by Gasteiger charge is 2.18. The number of terminal acetylenes is 1. The summed E-state index contributed by atoms with van der Waals surface area (Å²) in [4.78, 5) is 14.2. The van der Waals surface area contributed by atoms with Gasteiger partial charge in [0.1, 0.15) is 11.9 Å². The van der Waals surface area contributed by atoms with Crippen LogP contribution < -0.4 is 11.1 Å². The summed E-state index contributed by atoms with van der Waals surface area (Å²) in [5.41, 5.74) is 9.00. The summed E-state index contributed by atoms with van der Waals surface area (Å²) in [5, 5.41) is 5.29. The lowest BCUT2D eigenvalue weighted by Crippen LogP contribution is -2.36. The number of aryl methyl sites for hydroxylation is 1. The van der Waals surface area contributed by atoms with Gasteiger partial charge in [-0.25, -0.2) is 15.0 Å². The highest BCUT2D eigenvalue weighted by atomic mass is 32.2. The number of fused-ring (bicyclic) bond motifs is 2. The Bertz CT molecular complexity index is 1240. The molecule has 154 valence electrons. The molecule has 0 atom stereocenters. The molecular weight excluding hydrogens is 396 g/mol. The first-order valence-corrected chi connectivity index (χ1v) is 10.5. The van der Waals surface area contributed by atoms with E-state index in [1.54, 1.807) is 6.26 Å². The molecule has 3 N–H and O–H groups in total. The first-order chi connectivity index (χ1) is 14.4. The van der Waals surface area contributed by atoms with Gasteiger partial charge in [-0.2, -0.15) is 0 Å². The van der Waals surface area contributed by atoms with Crippen molar-refractivity contribution in [2.24, 2.45) is 0 Å². The van der Waals surface area contributed by atoms with Crippen molar-refractivity contribution in [2.75, 3.05) is 12.3 Å². The molecule has 30 heavy (non-hydrogen) atoms. The lowest BCUT2D eigenvalue weighted by Gasteiger charge is -2.20. The fourth-order valence-electron chi connectivity index (χ4n) is 3.20. The van der Waals surface area contributed by atoms with Crippen molar-refractivity contribution in [3.05, 3.63) is 36.4 Å². The summed E-state index contributed by atoms with van der Waals surface area (Å²) in [6.07, 6.45) is 9.81. The topological polar surface area (TPSA) is 94.8 Å². The van der Waals surface area contributed by atoms with Gasteiger partial charge in [-0.05, 0) is 51.9 Å². The second-order valence-electron chi connectivity index (χ2n) is 8.06. The van der Waals surface area contributed by atoms with E-state index in [0.717, 1.165) is 51.7 Å². The second kappa shape index (κ2) is 8.01. The molecule has 0 spiro atoms. The van der Waals surface area contributed by atoms with Crippen LogP contribution in [0.4, 0.5) is 5.82 Å². The highest BCUT2D eigenvalue weighted by Crippen LogP contribution is 2.35. The standard InChI is InChI=1S/C22H24N6OS/c1-5-14-11-16-15(7-10-29-16)12-17(14)30-21-27-18-19(23)24-13-25-20(18)28(21)9-6-8-26-22(2,3)4/h1,7,10-13,26H,6,8-9H2,2-4H3,(H2,23,24,25). The molecule has 4 aromatic rings. The number of nitrogens with one attached hydrogen (secondary N) is 1. The van der Waals surface area contributed by atoms with Crippen LogP contribution in [0.25, 0.3) is 22.1 Å². The summed E-state index contributed by atoms with van der Waals surface area (Å²) < 4.78 is 7.56. The predicted octanol–water partition coefficient (Wildman–Crippen LogP) is 4.07. The SMILES string of the molecule is C#Cc1cc2occc2cc1Sc1nc2c(N)ncnc2n1CCCNC(C)(C)C. The minimum absolute atomic E-state index is 0.0723. The van der Waals surface area contributed by atoms with E-state index in [1.807, 2.05) is 18.2 Å². The number of benzene rings is 1. The van der Waals surface area contributed by atoms with Gasteiger partial charge in [0.25, 0.3) is 0 Å². The van der Waals surface area contributed by atoms with Crippen molar-refractivity contribution >= 4 is 39.7 Å². The van der Waals surface area contributed by atoms with Gasteiger partial charge in [0.15, 0.2) is 22.1 Å². The van der Waals surface area contributed by atoms with Gasteiger partial charge < -0.3 is 20.0 Å². The Hall–Kier alpha value is -3.02. The van der Waals surface area contributed by atoms with E-state index in [4.69, 9.17) is 21.6 Å². The lowest BCUT2D eigenvalue weighted by molar-refractivity contribution is 0.412. The first kappa shape index (κ1) is 20.3. The number of aromatic nitrogens is 4. The Balaban J connectivity index is 1.69. The number of anilines is 1. The fraction of sp³-hybridized carbons (Fsp3) is 0.318. The predicted molar refractivity (Wildman–Crippen MR) is 120 cm³/mol. The number of nitrogen functional groups attached to an aromatic ring is 1. The van der Waals surface area contributed by atoms with Gasteiger partial charge >= 0.3 is 0 Å². The van der Waals surface area contributed by atoms with Crippen LogP contribution in [0.2, 0.25) is 0 Å². The minimum atomic E-state index is 0.0723. The average Bonchev–Trinajstić information content (AvgIpc) is 3.29. The van der Waals surface area contributed by atoms with Gasteiger partial charge in [-0.3, -0.25) is 0 Å². The van der Waals surface area contributed by atoms with E-state index >= 15 is 0 Å². The molecule has 8 heteroatoms. The zero-order valence-electron chi connectivity index (χ0n) is 17.3. The van der Waals surface area contributed by atoms with Crippen molar-refractivity contribution in [2.45, 2.75) is 49.3 Å². The van der Waals surface area contributed by atoms with E-state index in [9.17, 15) is 0 Å². The smallest absolute Gasteiger partial charge is 0.175 e. The molecule has 3 heterocycles. The molecule has 0 aliphatic carbocycles. The van der Waals surface area contributed by atoms with Crippen LogP contribution in [0.1, 0.15) is 32.8 Å². The summed E-state index contributed by atoms with van der Waals surface area (Å²) in [6.45, 7) is 8.09. The van der Waals surface area contributed by atoms with Gasteiger partial charge in [0, 0.05) is 27.9 Å². The Morgan fingerprint density at radius 3 is 2.90 bits per heavy atom. The molecule has 0 aliphatic heterocycles. The largest absolute Gasteiger partial charge is 0.464 e. The van der Waals surface area contributed by atoms with Gasteiger partial charge in [-0.15, -0.1) is 6.42 Å². The van der Waals surface area contributed by atoms with Crippen LogP contribution in [0.3, 0.4) is 0 Å². The molecule has 1 aromatic carbocycles. The van der Waals surface area contributed by atoms with Crippen LogP contribution in [-0.4, -0.2) is 31.6 Å². The molecule has 3 aromatic heterocycles. The first-order valence-electron chi connectivity index (χ1n) is 9.73. The van der Waals surface area contributed by atoms with E-state index in [1.165, 1.54) is 18.1 Å². The number of furan rings is 1. The van der Waals surface area contributed by atoms with Crippen molar-refractivity contribution in [1.82, 2.24) is 24.8 Å². The molecule has 7 nitrogen and oxygen atoms in total. The third kappa shape index (κ3) is 4.13. The third-order valence-electron chi connectivity index (χ3n) is 4.65. The fourth-order valence-corrected chi connectivity index (χ4v) is 4.23. The molecule has 0 saturated carbocycles. The zero-order valence-corrected chi connectivity index (χ0v) is 18.1. The van der Waals surface area contributed by atoms with Crippen LogP contribution >= 0.6 is 11.8 Å². The van der Waals surface area contributed by atoms with Crippen molar-refractivity contribution in [3.63, 3.8) is 0 Å². The third-order valence-corrected chi connectivity index (χ3v) is 5.70. The Morgan fingerprint density at radius 2 is 2.13 bits per heavy atom. The number of rotatable bonds is 6. The van der Waals surface area contributed by atoms with E-state index in [2.05, 4.69) is 46.5 Å². The number of hydrogen-bond acceptors (Lipinski definition) is 7. The molecule has 0 bridgehead atoms. The highest BCUT2D eigenvalue weighted by molar-refractivity contribution is 7.99. The van der Waals surface area contributed by atoms with Crippen molar-refractivity contribution in [3.8, 4) is 12.3 Å². The van der Waals surface area contributed by atoms with Crippen LogP contribution in [0.15, 0.2) is 45.3 Å². The molecular formula is C22H24N6OS. The maximum atomic E-state index is 6.07. The van der Waals surface area contributed by atoms with Gasteiger partial charge in [-0.1, -0.05) is 17.7 Å². The maximum absolute atomic E-state index is 6.07. The summed E-state index contributed by atoms with van der Waals surface area (Å²) in [6, 6.07) is 5.83. The van der Waals surface area contributed by atoms with Crippen molar-refractivity contribution in [1.29, 1.82) is 0 Å². The van der Waals surface area contributed by atoms with Crippen molar-refractivity contribution < 1.29 is 4.42 Å². The normalized spacial score (nSPS) is 11.9. The second-order valence-corrected chi connectivity index (χ2v) is 9.07. The molecule has 0 aliphatic rings. The Kier molecular flexibility index (Phi) is 5.41. The molecule has 4 rings (SSSR count). The molecule has 0 unspecified atom stereocenters. The Morgan fingerprint density at radius 1 is 1.30 bits per heavy atom. The summed E-state index contributed by atoms with van der Waals surface area (Å²) >= 11 is 1.51. The van der Waals surface area contributed by atoms with Gasteiger partial charge in [0.2, 0.25) is 0 Å². The minimum Gasteiger partial charge on any atom is -0.464 e. The quantitative estimate of drug-likeness (QED) is 0.359. The van der Waals surface area contributed by atoms with E-state index in [0.29, 0.717) is 11.3 Å². The molecule has 0 amide bonds. The number of nitrogens with zero attached hydrogens (tertiary/aromatic N) is 4. The number of imidazole rings is 1. The summed E-state index contributed by atoms with van der Waals surface area (Å²) in [5.74, 6) is 3.12. The number of hydrogen-bond donors (Lipinski definition) is 2. The number of nitrogens with two attached hydrogens (primary N) is 1. The van der Waals surface area contributed by atoms with E-state index < -0.39 is 0 Å². The molecule has 0 saturated heterocycles.